The van der Waals surface area contributed by atoms with Gasteiger partial charge in [-0.3, -0.25) is 4.79 Å². The van der Waals surface area contributed by atoms with Crippen LogP contribution in [-0.4, -0.2) is 18.4 Å². The van der Waals surface area contributed by atoms with Crippen molar-refractivity contribution in [1.29, 1.82) is 0 Å². The lowest BCUT2D eigenvalue weighted by atomic mass is 9.98. The molecule has 2 aromatic carbocycles. The minimum Gasteiger partial charge on any atom is -0.462 e. The predicted molar refractivity (Wildman–Crippen MR) is 114 cm³/mol. The fourth-order valence-corrected chi connectivity index (χ4v) is 3.22. The number of ether oxygens (including phenoxy) is 1. The molecule has 3 nitrogen and oxygen atoms in total. The molecule has 0 aromatic heterocycles. The normalized spacial score (nSPS) is 10.6. The monoisotopic (exact) mass is 400 g/mol. The highest BCUT2D eigenvalue weighted by Crippen LogP contribution is 2.18. The maximum Gasteiger partial charge on any atom is 0.338 e. The van der Waals surface area contributed by atoms with Gasteiger partial charge in [0.1, 0.15) is 0 Å². The van der Waals surface area contributed by atoms with Crippen molar-refractivity contribution in [2.45, 2.75) is 58.3 Å². The van der Waals surface area contributed by atoms with Crippen molar-refractivity contribution in [2.24, 2.45) is 0 Å². The molecule has 0 unspecified atom stereocenters. The smallest absolute Gasteiger partial charge is 0.338 e. The maximum atomic E-state index is 12.8. The highest BCUT2D eigenvalue weighted by atomic mass is 35.5. The molecule has 0 atom stereocenters. The number of ketones is 1. The van der Waals surface area contributed by atoms with E-state index in [1.165, 1.54) is 38.5 Å². The number of hydrogen-bond acceptors (Lipinski definition) is 3. The standard InChI is InChI=1S/C24H29ClO3/c1-2-3-4-5-6-7-8-11-18-28-24(27)22-13-10-9-12-21(22)23(26)19-14-16-20(25)17-15-19/h9-10,12-17H,2-8,11,18H2,1H3. The van der Waals surface area contributed by atoms with Gasteiger partial charge >= 0.3 is 5.97 Å². The van der Waals surface area contributed by atoms with Gasteiger partial charge in [-0.2, -0.15) is 0 Å². The maximum absolute atomic E-state index is 12.8. The molecule has 4 heteroatoms. The second-order valence-electron chi connectivity index (χ2n) is 6.99. The summed E-state index contributed by atoms with van der Waals surface area (Å²) in [6, 6.07) is 13.4. The first-order chi connectivity index (χ1) is 13.6. The van der Waals surface area contributed by atoms with Gasteiger partial charge in [0.2, 0.25) is 0 Å². The van der Waals surface area contributed by atoms with Crippen molar-refractivity contribution >= 4 is 23.4 Å². The number of benzene rings is 2. The average Bonchev–Trinajstić information content (AvgIpc) is 2.72. The Hall–Kier alpha value is -2.13. The third-order valence-electron chi connectivity index (χ3n) is 4.73. The van der Waals surface area contributed by atoms with Crippen LogP contribution in [0.5, 0.6) is 0 Å². The van der Waals surface area contributed by atoms with Crippen LogP contribution in [0.25, 0.3) is 0 Å². The first-order valence-electron chi connectivity index (χ1n) is 10.2. The molecule has 2 rings (SSSR count). The second kappa shape index (κ2) is 12.4. The zero-order valence-electron chi connectivity index (χ0n) is 16.6. The van der Waals surface area contributed by atoms with Gasteiger partial charge in [0.05, 0.1) is 12.2 Å². The lowest BCUT2D eigenvalue weighted by Gasteiger charge is -2.09. The van der Waals surface area contributed by atoms with Crippen molar-refractivity contribution in [3.05, 3.63) is 70.2 Å². The highest BCUT2D eigenvalue weighted by Gasteiger charge is 2.18. The van der Waals surface area contributed by atoms with Gasteiger partial charge in [0.25, 0.3) is 0 Å². The Balaban J connectivity index is 1.84. The predicted octanol–water partition coefficient (Wildman–Crippen LogP) is 6.87. The van der Waals surface area contributed by atoms with Crippen LogP contribution in [0.4, 0.5) is 0 Å². The van der Waals surface area contributed by atoms with E-state index in [2.05, 4.69) is 6.92 Å². The Morgan fingerprint density at radius 3 is 2.00 bits per heavy atom. The number of halogens is 1. The fourth-order valence-electron chi connectivity index (χ4n) is 3.09. The molecule has 0 fully saturated rings. The molecule has 0 bridgehead atoms. The largest absolute Gasteiger partial charge is 0.462 e. The molecule has 0 heterocycles. The lowest BCUT2D eigenvalue weighted by molar-refractivity contribution is 0.0495. The van der Waals surface area contributed by atoms with Gasteiger partial charge in [0, 0.05) is 16.1 Å². The van der Waals surface area contributed by atoms with Crippen molar-refractivity contribution in [3.63, 3.8) is 0 Å². The quantitative estimate of drug-likeness (QED) is 0.222. The van der Waals surface area contributed by atoms with Crippen LogP contribution in [0, 0.1) is 0 Å². The summed E-state index contributed by atoms with van der Waals surface area (Å²) in [4.78, 5) is 25.2. The summed E-state index contributed by atoms with van der Waals surface area (Å²) in [6.07, 6.45) is 9.50. The van der Waals surface area contributed by atoms with E-state index in [-0.39, 0.29) is 5.78 Å². The van der Waals surface area contributed by atoms with Gasteiger partial charge in [-0.05, 0) is 36.8 Å². The Kier molecular flexibility index (Phi) is 9.78. The Morgan fingerprint density at radius 2 is 1.36 bits per heavy atom. The van der Waals surface area contributed by atoms with Gasteiger partial charge < -0.3 is 4.74 Å². The first-order valence-corrected chi connectivity index (χ1v) is 10.6. The van der Waals surface area contributed by atoms with Crippen molar-refractivity contribution in [3.8, 4) is 0 Å². The molecular formula is C24H29ClO3. The van der Waals surface area contributed by atoms with Gasteiger partial charge in [-0.15, -0.1) is 0 Å². The van der Waals surface area contributed by atoms with E-state index in [1.54, 1.807) is 48.5 Å². The zero-order valence-corrected chi connectivity index (χ0v) is 17.3. The van der Waals surface area contributed by atoms with E-state index in [1.807, 2.05) is 0 Å². The van der Waals surface area contributed by atoms with Crippen molar-refractivity contribution < 1.29 is 14.3 Å². The van der Waals surface area contributed by atoms with E-state index < -0.39 is 5.97 Å². The number of hydrogen-bond donors (Lipinski definition) is 0. The van der Waals surface area contributed by atoms with E-state index in [9.17, 15) is 9.59 Å². The summed E-state index contributed by atoms with van der Waals surface area (Å²) in [6.45, 7) is 2.60. The number of carbonyl (C=O) groups excluding carboxylic acids is 2. The molecule has 0 saturated carbocycles. The van der Waals surface area contributed by atoms with E-state index in [0.29, 0.717) is 28.3 Å². The minimum absolute atomic E-state index is 0.212. The third kappa shape index (κ3) is 7.12. The minimum atomic E-state index is -0.444. The Labute approximate surface area is 173 Å². The van der Waals surface area contributed by atoms with Crippen LogP contribution in [0.3, 0.4) is 0 Å². The first kappa shape index (κ1) is 22.2. The lowest BCUT2D eigenvalue weighted by Crippen LogP contribution is -2.13. The van der Waals surface area contributed by atoms with Gasteiger partial charge in [-0.25, -0.2) is 4.79 Å². The molecule has 0 saturated heterocycles. The fraction of sp³-hybridized carbons (Fsp3) is 0.417. The van der Waals surface area contributed by atoms with Gasteiger partial charge in [0.15, 0.2) is 5.78 Å². The summed E-state index contributed by atoms with van der Waals surface area (Å²) in [5.41, 5.74) is 1.15. The summed E-state index contributed by atoms with van der Waals surface area (Å²) in [7, 11) is 0. The second-order valence-corrected chi connectivity index (χ2v) is 7.43. The molecule has 0 radical (unpaired) electrons. The molecule has 0 N–H and O–H groups in total. The summed E-state index contributed by atoms with van der Waals surface area (Å²) >= 11 is 5.88. The third-order valence-corrected chi connectivity index (χ3v) is 4.98. The van der Waals surface area contributed by atoms with Crippen LogP contribution in [0.15, 0.2) is 48.5 Å². The molecule has 0 aliphatic carbocycles. The van der Waals surface area contributed by atoms with Gasteiger partial charge in [-0.1, -0.05) is 81.7 Å². The molecular weight excluding hydrogens is 372 g/mol. The van der Waals surface area contributed by atoms with E-state index in [4.69, 9.17) is 16.3 Å². The SMILES string of the molecule is CCCCCCCCCCOC(=O)c1ccccc1C(=O)c1ccc(Cl)cc1. The Morgan fingerprint density at radius 1 is 0.786 bits per heavy atom. The molecule has 0 amide bonds. The molecule has 0 spiro atoms. The summed E-state index contributed by atoms with van der Waals surface area (Å²) in [5, 5.41) is 0.564. The number of carbonyl (C=O) groups is 2. The van der Waals surface area contributed by atoms with Crippen LogP contribution in [0.1, 0.15) is 84.6 Å². The topological polar surface area (TPSA) is 43.4 Å². The van der Waals surface area contributed by atoms with Crippen LogP contribution >= 0.6 is 11.6 Å². The molecule has 150 valence electrons. The molecule has 0 aliphatic heterocycles. The molecule has 0 aliphatic rings. The Bertz CT molecular complexity index is 753. The van der Waals surface area contributed by atoms with E-state index >= 15 is 0 Å². The highest BCUT2D eigenvalue weighted by molar-refractivity contribution is 6.30. The van der Waals surface area contributed by atoms with Crippen LogP contribution in [-0.2, 0) is 4.74 Å². The van der Waals surface area contributed by atoms with Crippen LogP contribution < -0.4 is 0 Å². The number of rotatable bonds is 12. The average molecular weight is 401 g/mol. The number of unbranched alkanes of at least 4 members (excludes halogenated alkanes) is 7. The van der Waals surface area contributed by atoms with E-state index in [0.717, 1.165) is 12.8 Å². The number of esters is 1. The zero-order chi connectivity index (χ0) is 20.2. The van der Waals surface area contributed by atoms with Crippen molar-refractivity contribution in [1.82, 2.24) is 0 Å². The summed E-state index contributed by atoms with van der Waals surface area (Å²) in [5.74, 6) is -0.655. The van der Waals surface area contributed by atoms with Crippen molar-refractivity contribution in [2.75, 3.05) is 6.61 Å². The summed E-state index contributed by atoms with van der Waals surface area (Å²) < 4.78 is 5.41. The molecule has 2 aromatic rings. The van der Waals surface area contributed by atoms with Crippen LogP contribution in [0.2, 0.25) is 5.02 Å². The molecule has 28 heavy (non-hydrogen) atoms.